The zero-order valence-corrected chi connectivity index (χ0v) is 15.1. The maximum Gasteiger partial charge on any atom is 0.263 e. The van der Waals surface area contributed by atoms with E-state index in [2.05, 4.69) is 45.3 Å². The number of likely N-dealkylation sites (tertiary alicyclic amines) is 1. The number of aromatic nitrogens is 4. The fourth-order valence-corrected chi connectivity index (χ4v) is 3.69. The number of carbonyl (C=O) groups is 1. The molecule has 1 aliphatic rings. The van der Waals surface area contributed by atoms with Gasteiger partial charge in [0.15, 0.2) is 0 Å². The predicted octanol–water partition coefficient (Wildman–Crippen LogP) is 2.49. The molecule has 27 heavy (non-hydrogen) atoms. The molecule has 3 aromatic rings. The third kappa shape index (κ3) is 3.40. The van der Waals surface area contributed by atoms with Crippen molar-refractivity contribution in [3.63, 3.8) is 0 Å². The topological polar surface area (TPSA) is 94.7 Å². The van der Waals surface area contributed by atoms with Crippen LogP contribution in [0.4, 0.5) is 0 Å². The van der Waals surface area contributed by atoms with Gasteiger partial charge in [0.2, 0.25) is 0 Å². The van der Waals surface area contributed by atoms with Gasteiger partial charge in [-0.25, -0.2) is 4.98 Å². The van der Waals surface area contributed by atoms with Gasteiger partial charge in [0.05, 0.1) is 12.5 Å². The SMILES string of the molecule is Cc1cccc(-c2cn[nH]c2C2CCN(C(=O)c3cnc[nH]c3=O)CC2)c1. The highest BCUT2D eigenvalue weighted by Gasteiger charge is 2.28. The summed E-state index contributed by atoms with van der Waals surface area (Å²) in [6, 6.07) is 8.37. The summed E-state index contributed by atoms with van der Waals surface area (Å²) in [5.74, 6) is 0.0468. The van der Waals surface area contributed by atoms with Gasteiger partial charge in [-0.2, -0.15) is 5.10 Å². The fourth-order valence-electron chi connectivity index (χ4n) is 3.69. The van der Waals surface area contributed by atoms with Crippen LogP contribution >= 0.6 is 0 Å². The van der Waals surface area contributed by atoms with Gasteiger partial charge in [-0.15, -0.1) is 0 Å². The van der Waals surface area contributed by atoms with Crippen LogP contribution in [-0.4, -0.2) is 44.1 Å². The van der Waals surface area contributed by atoms with Crippen LogP contribution in [0, 0.1) is 6.92 Å². The van der Waals surface area contributed by atoms with E-state index in [0.29, 0.717) is 19.0 Å². The van der Waals surface area contributed by atoms with Crippen molar-refractivity contribution in [2.75, 3.05) is 13.1 Å². The van der Waals surface area contributed by atoms with Gasteiger partial charge < -0.3 is 9.88 Å². The lowest BCUT2D eigenvalue weighted by atomic mass is 9.89. The Hall–Kier alpha value is -3.22. The summed E-state index contributed by atoms with van der Waals surface area (Å²) >= 11 is 0. The van der Waals surface area contributed by atoms with Gasteiger partial charge in [0.25, 0.3) is 11.5 Å². The first-order valence-electron chi connectivity index (χ1n) is 9.06. The normalized spacial score (nSPS) is 15.1. The molecule has 0 bridgehead atoms. The van der Waals surface area contributed by atoms with Crippen LogP contribution in [0.2, 0.25) is 0 Å². The highest BCUT2D eigenvalue weighted by Crippen LogP contribution is 2.34. The molecule has 1 fully saturated rings. The lowest BCUT2D eigenvalue weighted by molar-refractivity contribution is 0.0710. The quantitative estimate of drug-likeness (QED) is 0.747. The molecule has 1 amide bonds. The van der Waals surface area contributed by atoms with Gasteiger partial charge in [-0.1, -0.05) is 29.8 Å². The number of amides is 1. The van der Waals surface area contributed by atoms with E-state index >= 15 is 0 Å². The second-order valence-corrected chi connectivity index (χ2v) is 6.93. The third-order valence-electron chi connectivity index (χ3n) is 5.14. The second-order valence-electron chi connectivity index (χ2n) is 6.93. The lowest BCUT2D eigenvalue weighted by Gasteiger charge is -2.31. The number of carbonyl (C=O) groups excluding carboxylic acids is 1. The average Bonchev–Trinajstić information content (AvgIpc) is 3.18. The molecule has 138 valence electrons. The molecule has 0 radical (unpaired) electrons. The fraction of sp³-hybridized carbons (Fsp3) is 0.300. The van der Waals surface area contributed by atoms with Crippen molar-refractivity contribution in [1.29, 1.82) is 0 Å². The first kappa shape index (κ1) is 17.2. The van der Waals surface area contributed by atoms with E-state index in [9.17, 15) is 9.59 Å². The number of nitrogens with zero attached hydrogens (tertiary/aromatic N) is 3. The number of rotatable bonds is 3. The molecule has 0 spiro atoms. The summed E-state index contributed by atoms with van der Waals surface area (Å²) < 4.78 is 0. The Morgan fingerprint density at radius 2 is 2.04 bits per heavy atom. The Morgan fingerprint density at radius 1 is 1.22 bits per heavy atom. The molecule has 0 aliphatic carbocycles. The Kier molecular flexibility index (Phi) is 4.58. The smallest absolute Gasteiger partial charge is 0.263 e. The highest BCUT2D eigenvalue weighted by molar-refractivity contribution is 5.93. The molecule has 2 N–H and O–H groups in total. The number of piperidine rings is 1. The summed E-state index contributed by atoms with van der Waals surface area (Å²) in [4.78, 5) is 32.4. The minimum absolute atomic E-state index is 0.0953. The molecule has 7 nitrogen and oxygen atoms in total. The number of nitrogens with one attached hydrogen (secondary N) is 2. The van der Waals surface area contributed by atoms with E-state index in [-0.39, 0.29) is 11.5 Å². The van der Waals surface area contributed by atoms with Crippen LogP contribution < -0.4 is 5.56 Å². The van der Waals surface area contributed by atoms with Crippen molar-refractivity contribution >= 4 is 5.91 Å². The highest BCUT2D eigenvalue weighted by atomic mass is 16.2. The molecule has 2 aromatic heterocycles. The average molecular weight is 363 g/mol. The van der Waals surface area contributed by atoms with E-state index in [1.165, 1.54) is 18.1 Å². The Labute approximate surface area is 156 Å². The Morgan fingerprint density at radius 3 is 2.78 bits per heavy atom. The zero-order valence-electron chi connectivity index (χ0n) is 15.1. The van der Waals surface area contributed by atoms with Crippen molar-refractivity contribution < 1.29 is 4.79 Å². The molecule has 3 heterocycles. The van der Waals surface area contributed by atoms with Crippen LogP contribution in [0.25, 0.3) is 11.1 Å². The number of benzene rings is 1. The molecule has 1 aromatic carbocycles. The third-order valence-corrected chi connectivity index (χ3v) is 5.14. The molecule has 1 saturated heterocycles. The van der Waals surface area contributed by atoms with Crippen molar-refractivity contribution in [1.82, 2.24) is 25.1 Å². The van der Waals surface area contributed by atoms with Crippen molar-refractivity contribution in [3.8, 4) is 11.1 Å². The first-order valence-corrected chi connectivity index (χ1v) is 9.06. The van der Waals surface area contributed by atoms with E-state index in [0.717, 1.165) is 29.7 Å². The molecule has 0 saturated carbocycles. The summed E-state index contributed by atoms with van der Waals surface area (Å²) in [7, 11) is 0. The van der Waals surface area contributed by atoms with Crippen LogP contribution in [0.5, 0.6) is 0 Å². The standard InChI is InChI=1S/C20H21N5O2/c1-13-3-2-4-15(9-13)16-11-23-24-18(16)14-5-7-25(8-6-14)20(27)17-10-21-12-22-19(17)26/h2-4,9-12,14H,5-8H2,1H3,(H,23,24)(H,21,22,26). The number of aryl methyl sites for hydroxylation is 1. The number of hydrogen-bond donors (Lipinski definition) is 2. The van der Waals surface area contributed by atoms with Crippen molar-refractivity contribution in [2.24, 2.45) is 0 Å². The monoisotopic (exact) mass is 363 g/mol. The summed E-state index contributed by atoms with van der Waals surface area (Å²) in [5, 5.41) is 7.42. The number of H-pyrrole nitrogens is 2. The first-order chi connectivity index (χ1) is 13.1. The summed E-state index contributed by atoms with van der Waals surface area (Å²) in [5.41, 5.74) is 4.30. The second kappa shape index (κ2) is 7.19. The largest absolute Gasteiger partial charge is 0.338 e. The van der Waals surface area contributed by atoms with E-state index in [1.54, 1.807) is 4.90 Å². The predicted molar refractivity (Wildman–Crippen MR) is 101 cm³/mol. The maximum atomic E-state index is 12.6. The van der Waals surface area contributed by atoms with Gasteiger partial charge >= 0.3 is 0 Å². The molecular weight excluding hydrogens is 342 g/mol. The van der Waals surface area contributed by atoms with Crippen LogP contribution in [0.1, 0.15) is 40.4 Å². The summed E-state index contributed by atoms with van der Waals surface area (Å²) in [6.07, 6.45) is 6.14. The lowest BCUT2D eigenvalue weighted by Crippen LogP contribution is -2.40. The van der Waals surface area contributed by atoms with Crippen LogP contribution in [0.3, 0.4) is 0 Å². The van der Waals surface area contributed by atoms with E-state index < -0.39 is 5.56 Å². The van der Waals surface area contributed by atoms with Gasteiger partial charge in [-0.3, -0.25) is 14.7 Å². The van der Waals surface area contributed by atoms with E-state index in [4.69, 9.17) is 0 Å². The zero-order chi connectivity index (χ0) is 18.8. The van der Waals surface area contributed by atoms with Gasteiger partial charge in [0, 0.05) is 36.5 Å². The van der Waals surface area contributed by atoms with Crippen molar-refractivity contribution in [2.45, 2.75) is 25.7 Å². The maximum absolute atomic E-state index is 12.6. The molecular formula is C20H21N5O2. The van der Waals surface area contributed by atoms with Crippen molar-refractivity contribution in [3.05, 3.63) is 70.2 Å². The van der Waals surface area contributed by atoms with Crippen LogP contribution in [-0.2, 0) is 0 Å². The minimum atomic E-state index is -0.396. The Bertz CT molecular complexity index is 1010. The minimum Gasteiger partial charge on any atom is -0.338 e. The van der Waals surface area contributed by atoms with Crippen LogP contribution in [0.15, 0.2) is 47.8 Å². The molecule has 1 aliphatic heterocycles. The summed E-state index contributed by atoms with van der Waals surface area (Å²) in [6.45, 7) is 3.28. The number of hydrogen-bond acceptors (Lipinski definition) is 4. The van der Waals surface area contributed by atoms with E-state index in [1.807, 2.05) is 12.3 Å². The Balaban J connectivity index is 1.49. The number of aromatic amines is 2. The molecule has 4 rings (SSSR count). The van der Waals surface area contributed by atoms with Gasteiger partial charge in [0.1, 0.15) is 5.56 Å². The molecule has 0 atom stereocenters. The molecule has 7 heteroatoms. The van der Waals surface area contributed by atoms with Gasteiger partial charge in [-0.05, 0) is 25.3 Å². The molecule has 0 unspecified atom stereocenters.